The van der Waals surface area contributed by atoms with Gasteiger partial charge < -0.3 is 9.80 Å². The van der Waals surface area contributed by atoms with Crippen LogP contribution < -0.4 is 9.80 Å². The van der Waals surface area contributed by atoms with Gasteiger partial charge in [-0.25, -0.2) is 0 Å². The molecule has 0 saturated carbocycles. The molecule has 0 amide bonds. The largest absolute Gasteiger partial charge is 0.324 e. The summed E-state index contributed by atoms with van der Waals surface area (Å²) < 4.78 is 0. The van der Waals surface area contributed by atoms with Gasteiger partial charge in [0.25, 0.3) is 0 Å². The molecule has 0 heterocycles. The van der Waals surface area contributed by atoms with Gasteiger partial charge in [-0.1, -0.05) is 121 Å². The highest BCUT2D eigenvalue weighted by Crippen LogP contribution is 2.34. The molecule has 0 fully saturated rings. The third kappa shape index (κ3) is 9.21. The average Bonchev–Trinajstić information content (AvgIpc) is 3.44. The van der Waals surface area contributed by atoms with Crippen molar-refractivity contribution >= 4 is 11.4 Å². The molecule has 2 nitrogen and oxygen atoms in total. The molecule has 0 radical (unpaired) electrons. The molecule has 2 aromatic carbocycles. The third-order valence-electron chi connectivity index (χ3n) is 7.06. The van der Waals surface area contributed by atoms with Crippen LogP contribution in [0.4, 0.5) is 11.4 Å². The number of hydrogen-bond donors (Lipinski definition) is 0. The highest BCUT2D eigenvalue weighted by atomic mass is 15.2. The van der Waals surface area contributed by atoms with Crippen molar-refractivity contribution in [2.45, 2.75) is 33.6 Å². The van der Waals surface area contributed by atoms with Crippen molar-refractivity contribution in [3.8, 4) is 11.1 Å². The Kier molecular flexibility index (Phi) is 12.2. The van der Waals surface area contributed by atoms with E-state index in [4.69, 9.17) is 0 Å². The molecule has 0 bridgehead atoms. The van der Waals surface area contributed by atoms with Crippen LogP contribution in [0.25, 0.3) is 11.1 Å². The second-order valence-electron chi connectivity index (χ2n) is 10.1. The fourth-order valence-corrected chi connectivity index (χ4v) is 4.82. The van der Waals surface area contributed by atoms with E-state index in [0.717, 1.165) is 18.5 Å². The predicted octanol–water partition coefficient (Wildman–Crippen LogP) is 11.4. The van der Waals surface area contributed by atoms with Crippen molar-refractivity contribution in [2.75, 3.05) is 9.80 Å². The number of anilines is 2. The maximum atomic E-state index is 2.42. The molecule has 4 rings (SSSR count). The van der Waals surface area contributed by atoms with Gasteiger partial charge in [0.15, 0.2) is 0 Å². The summed E-state index contributed by atoms with van der Waals surface area (Å²) in [7, 11) is 0. The lowest BCUT2D eigenvalue weighted by molar-refractivity contribution is 0.961. The van der Waals surface area contributed by atoms with E-state index in [-0.39, 0.29) is 0 Å². The van der Waals surface area contributed by atoms with Gasteiger partial charge >= 0.3 is 0 Å². The Hall–Kier alpha value is -5.08. The van der Waals surface area contributed by atoms with E-state index >= 15 is 0 Å². The van der Waals surface area contributed by atoms with Crippen LogP contribution in [-0.4, -0.2) is 0 Å². The van der Waals surface area contributed by atoms with Crippen molar-refractivity contribution in [2.24, 2.45) is 0 Å². The molecule has 0 atom stereocenters. The van der Waals surface area contributed by atoms with Gasteiger partial charge in [-0.3, -0.25) is 0 Å². The fraction of sp³-hybridized carbons (Fsp3) is 0.122. The minimum atomic E-state index is 0.885. The van der Waals surface area contributed by atoms with Crippen LogP contribution in [0.15, 0.2) is 193 Å². The average molecular weight is 563 g/mol. The molecular formula is C41H42N2. The van der Waals surface area contributed by atoms with Gasteiger partial charge in [0.05, 0.1) is 0 Å². The van der Waals surface area contributed by atoms with Gasteiger partial charge in [-0.05, 0) is 80.0 Å². The molecule has 0 saturated heterocycles. The first kappa shape index (κ1) is 30.9. The molecule has 0 spiro atoms. The summed E-state index contributed by atoms with van der Waals surface area (Å²) in [6.45, 7) is 6.23. The first-order valence-electron chi connectivity index (χ1n) is 15.0. The number of rotatable bonds is 11. The lowest BCUT2D eigenvalue weighted by Gasteiger charge is -2.30. The molecule has 2 aliphatic carbocycles. The topological polar surface area (TPSA) is 6.48 Å². The highest BCUT2D eigenvalue weighted by molar-refractivity contribution is 5.71. The van der Waals surface area contributed by atoms with Crippen LogP contribution in [-0.2, 0) is 0 Å². The van der Waals surface area contributed by atoms with E-state index in [1.807, 2.05) is 74.6 Å². The van der Waals surface area contributed by atoms with Crippen molar-refractivity contribution in [3.05, 3.63) is 193 Å². The normalized spacial score (nSPS) is 15.7. The molecule has 0 unspecified atom stereocenters. The Balaban J connectivity index is 1.60. The molecule has 0 aliphatic heterocycles. The predicted molar refractivity (Wildman–Crippen MR) is 190 cm³/mol. The van der Waals surface area contributed by atoms with Gasteiger partial charge in [0.1, 0.15) is 0 Å². The minimum absolute atomic E-state index is 0.885. The number of nitrogens with zero attached hydrogens (tertiary/aromatic N) is 2. The first-order chi connectivity index (χ1) is 21.2. The Morgan fingerprint density at radius 3 is 1.74 bits per heavy atom. The SMILES string of the molecule is C\C=C/C=C\C=C\N(/C=C/C=C\C=C/C)c1ccc(-c2ccc(N(C3=CC=CC=CC3)C3=C(C)C=CC=CC3)cc2)cc1. The second kappa shape index (κ2) is 17.0. The summed E-state index contributed by atoms with van der Waals surface area (Å²) >= 11 is 0. The summed E-state index contributed by atoms with van der Waals surface area (Å²) in [4.78, 5) is 4.55. The molecule has 2 aromatic rings. The third-order valence-corrected chi connectivity index (χ3v) is 7.06. The van der Waals surface area contributed by atoms with Crippen LogP contribution in [0.5, 0.6) is 0 Å². The lowest BCUT2D eigenvalue weighted by Crippen LogP contribution is -2.22. The van der Waals surface area contributed by atoms with Gasteiger partial charge in [-0.2, -0.15) is 0 Å². The zero-order valence-electron chi connectivity index (χ0n) is 25.6. The van der Waals surface area contributed by atoms with E-state index in [1.54, 1.807) is 0 Å². The number of benzene rings is 2. The Bertz CT molecular complexity index is 1520. The second-order valence-corrected chi connectivity index (χ2v) is 10.1. The fourth-order valence-electron chi connectivity index (χ4n) is 4.82. The summed E-state index contributed by atoms with van der Waals surface area (Å²) in [5, 5.41) is 0. The Morgan fingerprint density at radius 2 is 1.12 bits per heavy atom. The molecule has 0 aromatic heterocycles. The summed E-state index contributed by atoms with van der Waals surface area (Å²) in [5.74, 6) is 0. The van der Waals surface area contributed by atoms with Crippen molar-refractivity contribution in [1.82, 2.24) is 0 Å². The molecule has 0 N–H and O–H groups in total. The molecule has 2 aliphatic rings. The molecular weight excluding hydrogens is 520 g/mol. The highest BCUT2D eigenvalue weighted by Gasteiger charge is 2.18. The maximum Gasteiger partial charge on any atom is 0.0455 e. The van der Waals surface area contributed by atoms with Crippen LogP contribution >= 0.6 is 0 Å². The van der Waals surface area contributed by atoms with Gasteiger partial charge in [-0.15, -0.1) is 0 Å². The van der Waals surface area contributed by atoms with Gasteiger partial charge in [0, 0.05) is 48.0 Å². The van der Waals surface area contributed by atoms with E-state index < -0.39 is 0 Å². The molecule has 2 heteroatoms. The van der Waals surface area contributed by atoms with Crippen molar-refractivity contribution < 1.29 is 0 Å². The van der Waals surface area contributed by atoms with Crippen LogP contribution in [0.3, 0.4) is 0 Å². The maximum absolute atomic E-state index is 2.42. The van der Waals surface area contributed by atoms with E-state index in [1.165, 1.54) is 33.8 Å². The standard InChI is InChI=1S/C41H42N2/c1-4-6-8-12-19-33-42(34-20-13-9-7-5-2)38-29-25-36(26-30-38)37-27-31-40(32-28-37)43(39-22-16-10-11-17-23-39)41-24-18-14-15-21-35(41)3/h4-22,25-34H,23-24H2,1-3H3/b6-4-,7-5-,12-8-,13-9-,33-19+,34-20+. The smallest absolute Gasteiger partial charge is 0.0455 e. The summed E-state index contributed by atoms with van der Waals surface area (Å²) in [6.07, 6.45) is 45.7. The first-order valence-corrected chi connectivity index (χ1v) is 15.0. The number of allylic oxidation sites excluding steroid dienone is 20. The molecule has 43 heavy (non-hydrogen) atoms. The van der Waals surface area contributed by atoms with Crippen LogP contribution in [0.2, 0.25) is 0 Å². The quantitative estimate of drug-likeness (QED) is 0.251. The lowest BCUT2D eigenvalue weighted by atomic mass is 10.0. The van der Waals surface area contributed by atoms with E-state index in [2.05, 4.69) is 132 Å². The minimum Gasteiger partial charge on any atom is -0.324 e. The van der Waals surface area contributed by atoms with Crippen LogP contribution in [0, 0.1) is 0 Å². The summed E-state index contributed by atoms with van der Waals surface area (Å²) in [5.41, 5.74) is 8.50. The number of hydrogen-bond acceptors (Lipinski definition) is 2. The van der Waals surface area contributed by atoms with E-state index in [9.17, 15) is 0 Å². The van der Waals surface area contributed by atoms with Crippen LogP contribution in [0.1, 0.15) is 33.6 Å². The zero-order valence-corrected chi connectivity index (χ0v) is 25.6. The Morgan fingerprint density at radius 1 is 0.558 bits per heavy atom. The monoisotopic (exact) mass is 562 g/mol. The molecule has 216 valence electrons. The van der Waals surface area contributed by atoms with Crippen molar-refractivity contribution in [3.63, 3.8) is 0 Å². The zero-order chi connectivity index (χ0) is 30.1. The summed E-state index contributed by atoms with van der Waals surface area (Å²) in [6, 6.07) is 17.7. The van der Waals surface area contributed by atoms with Gasteiger partial charge in [0.2, 0.25) is 0 Å². The Labute approximate surface area is 258 Å². The van der Waals surface area contributed by atoms with E-state index in [0.29, 0.717) is 0 Å². The van der Waals surface area contributed by atoms with Crippen molar-refractivity contribution in [1.29, 1.82) is 0 Å².